The first-order valence-electron chi connectivity index (χ1n) is 11.5. The average Bonchev–Trinajstić information content (AvgIpc) is 3.54. The maximum Gasteiger partial charge on any atom is 0.319 e. The maximum atomic E-state index is 14.8. The van der Waals surface area contributed by atoms with Crippen molar-refractivity contribution in [3.63, 3.8) is 0 Å². The molecule has 2 aliphatic heterocycles. The summed E-state index contributed by atoms with van der Waals surface area (Å²) in [6.07, 6.45) is 2.99. The fraction of sp³-hybridized carbons (Fsp3) is 0.240. The number of carbonyl (C=O) groups excluding carboxylic acids is 1. The van der Waals surface area contributed by atoms with E-state index in [2.05, 4.69) is 25.9 Å². The van der Waals surface area contributed by atoms with Gasteiger partial charge in [-0.3, -0.25) is 9.97 Å². The second-order valence-corrected chi connectivity index (χ2v) is 9.44. The molecule has 0 radical (unpaired) electrons. The Morgan fingerprint density at radius 1 is 1.08 bits per heavy atom. The van der Waals surface area contributed by atoms with Crippen LogP contribution in [0, 0.1) is 5.82 Å². The van der Waals surface area contributed by atoms with Crippen LogP contribution in [0.5, 0.6) is 11.5 Å². The number of amides is 2. The maximum absolute atomic E-state index is 14.8. The van der Waals surface area contributed by atoms with Crippen LogP contribution in [-0.2, 0) is 9.47 Å². The molecule has 3 aromatic heterocycles. The van der Waals surface area contributed by atoms with Crippen molar-refractivity contribution >= 4 is 33.3 Å². The van der Waals surface area contributed by atoms with Gasteiger partial charge in [0.2, 0.25) is 0 Å². The Morgan fingerprint density at radius 2 is 1.94 bits per heavy atom. The minimum absolute atomic E-state index is 0.0469. The van der Waals surface area contributed by atoms with E-state index in [-0.39, 0.29) is 24.1 Å². The first-order valence-corrected chi connectivity index (χ1v) is 12.3. The van der Waals surface area contributed by atoms with Gasteiger partial charge in [0, 0.05) is 48.9 Å². The van der Waals surface area contributed by atoms with E-state index in [4.69, 9.17) is 14.2 Å². The zero-order valence-corrected chi connectivity index (χ0v) is 19.8. The second-order valence-electron chi connectivity index (χ2n) is 8.39. The molecule has 4 aromatic rings. The lowest BCUT2D eigenvalue weighted by atomic mass is 10.2. The third-order valence-electron chi connectivity index (χ3n) is 5.83. The fourth-order valence-corrected chi connectivity index (χ4v) is 4.93. The van der Waals surface area contributed by atoms with Crippen LogP contribution < -0.4 is 20.7 Å². The number of nitrogens with zero attached hydrogens (tertiary/aromatic N) is 2. The summed E-state index contributed by atoms with van der Waals surface area (Å²) in [6.45, 7) is 2.60. The Bertz CT molecular complexity index is 1400. The fourth-order valence-electron chi connectivity index (χ4n) is 3.89. The van der Waals surface area contributed by atoms with Gasteiger partial charge >= 0.3 is 6.03 Å². The molecule has 2 fully saturated rings. The number of nitrogens with one attached hydrogen (secondary N) is 3. The Hall–Kier alpha value is -3.64. The van der Waals surface area contributed by atoms with Crippen LogP contribution in [-0.4, -0.2) is 48.3 Å². The minimum atomic E-state index is -0.589. The number of aromatic nitrogens is 2. The molecule has 0 bridgehead atoms. The number of pyridine rings is 2. The van der Waals surface area contributed by atoms with E-state index in [1.54, 1.807) is 24.5 Å². The summed E-state index contributed by atoms with van der Waals surface area (Å²) in [5.41, 5.74) is 2.71. The lowest BCUT2D eigenvalue weighted by Crippen LogP contribution is -2.57. The minimum Gasteiger partial charge on any atom is -0.453 e. The third-order valence-corrected chi connectivity index (χ3v) is 7.00. The molecular formula is C25H22FN5O4S. The van der Waals surface area contributed by atoms with Crippen molar-refractivity contribution in [1.29, 1.82) is 0 Å². The van der Waals surface area contributed by atoms with Crippen LogP contribution >= 0.6 is 11.3 Å². The van der Waals surface area contributed by atoms with Gasteiger partial charge in [-0.25, -0.2) is 9.18 Å². The summed E-state index contributed by atoms with van der Waals surface area (Å²) in [6, 6.07) is 11.5. The number of fused-ring (bicyclic) bond motifs is 1. The Labute approximate surface area is 209 Å². The summed E-state index contributed by atoms with van der Waals surface area (Å²) in [5, 5.41) is 8.52. The third kappa shape index (κ3) is 4.73. The zero-order chi connectivity index (χ0) is 24.5. The summed E-state index contributed by atoms with van der Waals surface area (Å²) in [7, 11) is 0. The summed E-state index contributed by atoms with van der Waals surface area (Å²) in [4.78, 5) is 21.9. The number of urea groups is 1. The van der Waals surface area contributed by atoms with E-state index in [0.29, 0.717) is 24.7 Å². The van der Waals surface area contributed by atoms with Gasteiger partial charge in [-0.15, -0.1) is 11.3 Å². The molecule has 11 heteroatoms. The number of benzene rings is 1. The number of hydrogen-bond acceptors (Lipinski definition) is 8. The number of ether oxygens (including phenoxy) is 3. The predicted molar refractivity (Wildman–Crippen MR) is 133 cm³/mol. The van der Waals surface area contributed by atoms with E-state index in [1.165, 1.54) is 23.5 Å². The molecule has 2 amide bonds. The zero-order valence-electron chi connectivity index (χ0n) is 19.0. The molecule has 6 rings (SSSR count). The Balaban J connectivity index is 1.19. The van der Waals surface area contributed by atoms with Crippen LogP contribution in [0.1, 0.15) is 11.9 Å². The summed E-state index contributed by atoms with van der Waals surface area (Å²) >= 11 is 1.46. The number of rotatable bonds is 6. The molecule has 1 aromatic carbocycles. The largest absolute Gasteiger partial charge is 0.453 e. The number of halogens is 1. The van der Waals surface area contributed by atoms with Gasteiger partial charge in [-0.05, 0) is 24.3 Å². The molecule has 0 atom stereocenters. The number of thiophene rings is 1. The summed E-state index contributed by atoms with van der Waals surface area (Å²) < 4.78 is 32.5. The van der Waals surface area contributed by atoms with Crippen LogP contribution in [0.4, 0.5) is 14.9 Å². The number of hydrogen-bond donors (Lipinski definition) is 3. The van der Waals surface area contributed by atoms with Gasteiger partial charge in [0.25, 0.3) is 0 Å². The molecule has 0 saturated carbocycles. The van der Waals surface area contributed by atoms with Gasteiger partial charge in [-0.1, -0.05) is 6.07 Å². The summed E-state index contributed by atoms with van der Waals surface area (Å²) in [5.74, 6) is -0.0606. The Kier molecular flexibility index (Phi) is 6.20. The monoisotopic (exact) mass is 507 g/mol. The van der Waals surface area contributed by atoms with Crippen LogP contribution in [0.25, 0.3) is 20.8 Å². The van der Waals surface area contributed by atoms with Crippen LogP contribution in [0.2, 0.25) is 0 Å². The first-order chi connectivity index (χ1) is 17.6. The highest BCUT2D eigenvalue weighted by Crippen LogP contribution is 2.39. The molecule has 0 unspecified atom stereocenters. The van der Waals surface area contributed by atoms with E-state index >= 15 is 0 Å². The first kappa shape index (κ1) is 22.8. The van der Waals surface area contributed by atoms with E-state index in [0.717, 1.165) is 39.4 Å². The number of carbonyl (C=O) groups is 1. The molecule has 0 aliphatic carbocycles. The smallest absolute Gasteiger partial charge is 0.319 e. The van der Waals surface area contributed by atoms with Crippen LogP contribution in [0.15, 0.2) is 54.9 Å². The quantitative estimate of drug-likeness (QED) is 0.355. The molecular weight excluding hydrogens is 485 g/mol. The predicted octanol–water partition coefficient (Wildman–Crippen LogP) is 4.43. The van der Waals surface area contributed by atoms with Crippen molar-refractivity contribution in [1.82, 2.24) is 20.6 Å². The molecule has 36 heavy (non-hydrogen) atoms. The van der Waals surface area contributed by atoms with Crippen molar-refractivity contribution in [2.24, 2.45) is 0 Å². The number of anilines is 1. The molecule has 9 nitrogen and oxygen atoms in total. The highest BCUT2D eigenvalue weighted by Gasteiger charge is 2.20. The lowest BCUT2D eigenvalue weighted by molar-refractivity contribution is -0.0443. The van der Waals surface area contributed by atoms with Crippen molar-refractivity contribution in [2.45, 2.75) is 12.3 Å². The van der Waals surface area contributed by atoms with Crippen molar-refractivity contribution < 1.29 is 23.4 Å². The second kappa shape index (κ2) is 9.78. The van der Waals surface area contributed by atoms with Crippen molar-refractivity contribution in [3.8, 4) is 22.1 Å². The van der Waals surface area contributed by atoms with Gasteiger partial charge < -0.3 is 30.2 Å². The van der Waals surface area contributed by atoms with Crippen molar-refractivity contribution in [2.75, 3.05) is 31.6 Å². The highest BCUT2D eigenvalue weighted by atomic mass is 32.1. The molecule has 2 saturated heterocycles. The van der Waals surface area contributed by atoms with Gasteiger partial charge in [0.05, 0.1) is 40.0 Å². The van der Waals surface area contributed by atoms with Gasteiger partial charge in [0.1, 0.15) is 5.75 Å². The highest BCUT2D eigenvalue weighted by molar-refractivity contribution is 7.22. The van der Waals surface area contributed by atoms with E-state index in [1.807, 2.05) is 18.2 Å². The van der Waals surface area contributed by atoms with E-state index < -0.39 is 5.82 Å². The van der Waals surface area contributed by atoms with Crippen LogP contribution in [0.3, 0.4) is 0 Å². The Morgan fingerprint density at radius 3 is 2.67 bits per heavy atom. The molecule has 0 spiro atoms. The molecule has 3 N–H and O–H groups in total. The van der Waals surface area contributed by atoms with Crippen molar-refractivity contribution in [3.05, 3.63) is 66.2 Å². The topological polar surface area (TPSA) is 107 Å². The van der Waals surface area contributed by atoms with Gasteiger partial charge in [0.15, 0.2) is 17.9 Å². The average molecular weight is 508 g/mol. The normalized spacial score (nSPS) is 16.1. The standard InChI is InChI=1S/C25H22FN5O4S/c26-17-9-15(30-25(32)31-16-12-27-13-16)2-4-20(17)35-21-5-6-28-19-10-22(36-23(19)21)18-3-1-14(11-29-18)24-33-7-8-34-24/h1-6,9-11,16,24,27H,7-8,12-13H2,(H2,30,31,32). The lowest BCUT2D eigenvalue weighted by Gasteiger charge is -2.27. The van der Waals surface area contributed by atoms with Gasteiger partial charge in [-0.2, -0.15) is 0 Å². The molecule has 2 aliphatic rings. The van der Waals surface area contributed by atoms with E-state index in [9.17, 15) is 9.18 Å². The molecule has 184 valence electrons. The SMILES string of the molecule is O=C(Nc1ccc(Oc2ccnc3cc(-c4ccc(C5OCCO5)cn4)sc23)c(F)c1)NC1CNC1. The molecule has 5 heterocycles.